The van der Waals surface area contributed by atoms with Gasteiger partial charge in [-0.15, -0.1) is 0 Å². The number of amides is 2. The Morgan fingerprint density at radius 3 is 2.15 bits per heavy atom. The molecule has 1 aliphatic heterocycles. The second-order valence-electron chi connectivity index (χ2n) is 7.16. The molecule has 3 aromatic rings. The van der Waals surface area contributed by atoms with E-state index in [-0.39, 0.29) is 57.0 Å². The van der Waals surface area contributed by atoms with Crippen molar-refractivity contribution in [2.75, 3.05) is 10.6 Å². The van der Waals surface area contributed by atoms with Crippen molar-refractivity contribution in [2.45, 2.75) is 16.7 Å². The molecule has 2 N–H and O–H groups in total. The molecule has 33 heavy (non-hydrogen) atoms. The predicted molar refractivity (Wildman–Crippen MR) is 116 cm³/mol. The molecule has 0 fully saturated rings. The summed E-state index contributed by atoms with van der Waals surface area (Å²) in [5.41, 5.74) is 6.42. The van der Waals surface area contributed by atoms with E-state index in [9.17, 15) is 31.0 Å². The fraction of sp³-hybridized carbons (Fsp3) is 0.0476. The van der Waals surface area contributed by atoms with Crippen molar-refractivity contribution in [3.05, 3.63) is 71.1 Å². The standard InChI is InChI=1S/C21H16N2O7S2.Li/c1-3-31(26,27)13-6-4-5-12(8-13)23-20(24)16-7-11(2)19(22)15-9-14(32(28,29)30)10-17(18(15)16)21(23)25;/h3-10H,1,22H2,2H3,(H,28,29,30);/q;+1/p-1. The molecule has 0 bridgehead atoms. The molecule has 3 aromatic carbocycles. The Bertz CT molecular complexity index is 1600. The number of hydrogen-bond donors (Lipinski definition) is 1. The Kier molecular flexibility index (Phi) is 6.08. The molecule has 0 atom stereocenters. The second kappa shape index (κ2) is 8.13. The molecule has 0 aromatic heterocycles. The van der Waals surface area contributed by atoms with E-state index in [0.29, 0.717) is 5.56 Å². The van der Waals surface area contributed by atoms with Crippen LogP contribution in [0.25, 0.3) is 10.8 Å². The van der Waals surface area contributed by atoms with E-state index in [1.54, 1.807) is 6.92 Å². The van der Waals surface area contributed by atoms with Gasteiger partial charge < -0.3 is 10.3 Å². The number of anilines is 2. The smallest absolute Gasteiger partial charge is 0.744 e. The van der Waals surface area contributed by atoms with Crippen molar-refractivity contribution in [2.24, 2.45) is 0 Å². The summed E-state index contributed by atoms with van der Waals surface area (Å²) in [4.78, 5) is 26.5. The third-order valence-electron chi connectivity index (χ3n) is 5.24. The number of aryl methyl sites for hydroxylation is 1. The van der Waals surface area contributed by atoms with Crippen molar-refractivity contribution in [3.8, 4) is 0 Å². The fourth-order valence-corrected chi connectivity index (χ4v) is 4.91. The van der Waals surface area contributed by atoms with Gasteiger partial charge in [0.15, 0.2) is 9.84 Å². The molecule has 0 saturated heterocycles. The number of carbonyl (C=O) groups is 2. The topological polar surface area (TPSA) is 155 Å². The molecule has 0 unspecified atom stereocenters. The van der Waals surface area contributed by atoms with Crippen LogP contribution in [0.1, 0.15) is 26.3 Å². The van der Waals surface area contributed by atoms with E-state index in [4.69, 9.17) is 5.73 Å². The summed E-state index contributed by atoms with van der Waals surface area (Å²) in [6, 6.07) is 8.52. The molecule has 9 nitrogen and oxygen atoms in total. The van der Waals surface area contributed by atoms with Crippen LogP contribution in [0.3, 0.4) is 0 Å². The van der Waals surface area contributed by atoms with E-state index in [0.717, 1.165) is 28.5 Å². The molecule has 1 aliphatic rings. The molecule has 0 aliphatic carbocycles. The Hall–Kier alpha value is -2.94. The number of nitrogen functional groups attached to an aromatic ring is 1. The zero-order valence-electron chi connectivity index (χ0n) is 17.5. The maximum Gasteiger partial charge on any atom is 1.00 e. The first-order chi connectivity index (χ1) is 14.9. The summed E-state index contributed by atoms with van der Waals surface area (Å²) < 4.78 is 59.4. The monoisotopic (exact) mass is 478 g/mol. The fourth-order valence-electron chi connectivity index (χ4n) is 3.64. The Labute approximate surface area is 201 Å². The third kappa shape index (κ3) is 3.88. The van der Waals surface area contributed by atoms with Gasteiger partial charge in [-0.25, -0.2) is 21.7 Å². The summed E-state index contributed by atoms with van der Waals surface area (Å²) in [7, 11) is -8.80. The Morgan fingerprint density at radius 1 is 0.970 bits per heavy atom. The molecule has 164 valence electrons. The van der Waals surface area contributed by atoms with Crippen molar-refractivity contribution in [1.29, 1.82) is 0 Å². The zero-order valence-corrected chi connectivity index (χ0v) is 19.2. The van der Waals surface area contributed by atoms with Gasteiger partial charge in [0, 0.05) is 27.4 Å². The number of imide groups is 1. The molecule has 2 amide bonds. The molecule has 1 heterocycles. The first-order valence-electron chi connectivity index (χ1n) is 9.06. The molecular weight excluding hydrogens is 463 g/mol. The molecule has 0 saturated carbocycles. The molecule has 0 spiro atoms. The van der Waals surface area contributed by atoms with Crippen molar-refractivity contribution >= 4 is 53.9 Å². The quantitative estimate of drug-likeness (QED) is 0.225. The van der Waals surface area contributed by atoms with Gasteiger partial charge in [0.25, 0.3) is 11.8 Å². The number of nitrogens with zero attached hydrogens (tertiary/aromatic N) is 1. The average Bonchev–Trinajstić information content (AvgIpc) is 2.74. The van der Waals surface area contributed by atoms with Crippen molar-refractivity contribution in [1.82, 2.24) is 0 Å². The van der Waals surface area contributed by atoms with E-state index in [1.807, 2.05) is 0 Å². The first kappa shape index (κ1) is 24.7. The van der Waals surface area contributed by atoms with Crippen molar-refractivity contribution in [3.63, 3.8) is 0 Å². The van der Waals surface area contributed by atoms with Gasteiger partial charge in [0.05, 0.1) is 21.0 Å². The van der Waals surface area contributed by atoms with E-state index >= 15 is 0 Å². The van der Waals surface area contributed by atoms with Gasteiger partial charge in [-0.1, -0.05) is 12.6 Å². The minimum absolute atomic E-state index is 0. The number of benzene rings is 3. The summed E-state index contributed by atoms with van der Waals surface area (Å²) in [6.45, 7) is 4.85. The number of nitrogens with two attached hydrogens (primary N) is 1. The van der Waals surface area contributed by atoms with E-state index in [1.165, 1.54) is 24.3 Å². The molecule has 0 radical (unpaired) electrons. The number of carbonyl (C=O) groups excluding carboxylic acids is 2. The van der Waals surface area contributed by atoms with Crippen LogP contribution in [0, 0.1) is 6.92 Å². The maximum absolute atomic E-state index is 13.3. The van der Waals surface area contributed by atoms with Crippen LogP contribution in [0.4, 0.5) is 11.4 Å². The number of sulfone groups is 1. The SMILES string of the molecule is C=CS(=O)(=O)c1cccc(N2C(=O)c3cc(S(=O)(=O)[O-])cc4c(N)c(C)cc(c34)C2=O)c1.[Li+]. The van der Waals surface area contributed by atoms with Crippen LogP contribution in [-0.2, 0) is 20.0 Å². The van der Waals surface area contributed by atoms with Crippen LogP contribution in [0.15, 0.2) is 64.2 Å². The summed E-state index contributed by atoms with van der Waals surface area (Å²) >= 11 is 0. The van der Waals surface area contributed by atoms with Gasteiger partial charge >= 0.3 is 18.9 Å². The number of rotatable bonds is 4. The maximum atomic E-state index is 13.3. The van der Waals surface area contributed by atoms with Gasteiger partial charge in [0.2, 0.25) is 0 Å². The van der Waals surface area contributed by atoms with Crippen molar-refractivity contribution < 1.29 is 49.8 Å². The minimum Gasteiger partial charge on any atom is -0.744 e. The van der Waals surface area contributed by atoms with Gasteiger partial charge in [0.1, 0.15) is 10.1 Å². The van der Waals surface area contributed by atoms with E-state index in [2.05, 4.69) is 6.58 Å². The predicted octanol–water partition coefficient (Wildman–Crippen LogP) is -0.644. The third-order valence-corrected chi connectivity index (χ3v) is 7.40. The summed E-state index contributed by atoms with van der Waals surface area (Å²) in [6.07, 6.45) is 0. The van der Waals surface area contributed by atoms with Gasteiger partial charge in [-0.05, 0) is 48.9 Å². The number of hydrogen-bond acceptors (Lipinski definition) is 8. The van der Waals surface area contributed by atoms with Crippen LogP contribution in [-0.4, -0.2) is 33.2 Å². The van der Waals surface area contributed by atoms with Gasteiger partial charge in [-0.3, -0.25) is 9.59 Å². The first-order valence-corrected chi connectivity index (χ1v) is 12.0. The summed E-state index contributed by atoms with van der Waals surface area (Å²) in [5.74, 6) is -1.67. The van der Waals surface area contributed by atoms with Crippen LogP contribution >= 0.6 is 0 Å². The Balaban J connectivity index is 0.00000306. The van der Waals surface area contributed by atoms with Crippen LogP contribution in [0.5, 0.6) is 0 Å². The van der Waals surface area contributed by atoms with Crippen LogP contribution in [0.2, 0.25) is 0 Å². The van der Waals surface area contributed by atoms with Gasteiger partial charge in [-0.2, -0.15) is 0 Å². The molecule has 4 rings (SSSR count). The largest absolute Gasteiger partial charge is 1.00 e. The zero-order chi connectivity index (χ0) is 23.6. The summed E-state index contributed by atoms with van der Waals surface area (Å²) in [5, 5.41) is 0.956. The normalized spacial score (nSPS) is 13.7. The minimum atomic E-state index is -4.95. The van der Waals surface area contributed by atoms with Crippen LogP contribution < -0.4 is 29.5 Å². The molecular formula is C21H15LiN2O7S2. The Morgan fingerprint density at radius 2 is 1.58 bits per heavy atom. The molecule has 12 heteroatoms. The second-order valence-corrected chi connectivity index (χ2v) is 10.4. The average molecular weight is 478 g/mol. The van der Waals surface area contributed by atoms with E-state index < -0.39 is 36.7 Å².